The first-order valence-corrected chi connectivity index (χ1v) is 12.7. The van der Waals surface area contributed by atoms with Crippen LogP contribution in [-0.4, -0.2) is 48.9 Å². The zero-order chi connectivity index (χ0) is 22.2. The lowest BCUT2D eigenvalue weighted by atomic mass is 9.81. The van der Waals surface area contributed by atoms with Crippen molar-refractivity contribution in [2.45, 2.75) is 61.5 Å². The third-order valence-electron chi connectivity index (χ3n) is 6.24. The predicted molar refractivity (Wildman–Crippen MR) is 122 cm³/mol. The van der Waals surface area contributed by atoms with E-state index in [-0.39, 0.29) is 12.0 Å². The molecule has 0 saturated carbocycles. The smallest absolute Gasteiger partial charge is 0.242 e. The number of imidazole rings is 1. The van der Waals surface area contributed by atoms with E-state index in [4.69, 9.17) is 9.47 Å². The third-order valence-corrected chi connectivity index (χ3v) is 7.44. The van der Waals surface area contributed by atoms with Crippen LogP contribution in [0.3, 0.4) is 0 Å². The van der Waals surface area contributed by atoms with Crippen LogP contribution in [0.25, 0.3) is 5.65 Å². The van der Waals surface area contributed by atoms with Crippen molar-refractivity contribution in [2.75, 3.05) is 12.5 Å². The molecule has 4 atom stereocenters. The van der Waals surface area contributed by atoms with Gasteiger partial charge in [0.05, 0.1) is 18.9 Å². The Balaban J connectivity index is 1.82. The molecule has 1 aromatic carbocycles. The molecule has 0 radical (unpaired) electrons. The van der Waals surface area contributed by atoms with Crippen LogP contribution in [-0.2, 0) is 21.9 Å². The molecule has 1 N–H and O–H groups in total. The Bertz CT molecular complexity index is 1060. The monoisotopic (exact) mass is 460 g/mol. The van der Waals surface area contributed by atoms with Gasteiger partial charge < -0.3 is 14.6 Å². The second-order valence-corrected chi connectivity index (χ2v) is 9.43. The van der Waals surface area contributed by atoms with Gasteiger partial charge in [-0.3, -0.25) is 0 Å². The molecule has 0 spiro atoms. The van der Waals surface area contributed by atoms with Crippen LogP contribution >= 0.6 is 23.5 Å². The quantitative estimate of drug-likeness (QED) is 0.527. The second-order valence-electron chi connectivity index (χ2n) is 7.87. The van der Waals surface area contributed by atoms with Crippen molar-refractivity contribution >= 4 is 29.2 Å². The molecule has 2 aromatic heterocycles. The summed E-state index contributed by atoms with van der Waals surface area (Å²) in [4.78, 5) is 9.06. The van der Waals surface area contributed by atoms with Gasteiger partial charge >= 0.3 is 0 Å². The molecule has 0 unspecified atom stereocenters. The Kier molecular flexibility index (Phi) is 6.33. The molecule has 166 valence electrons. The first-order chi connectivity index (χ1) is 14.9. The van der Waals surface area contributed by atoms with Gasteiger partial charge in [0.2, 0.25) is 10.9 Å². The largest absolute Gasteiger partial charge is 0.364 e. The summed E-state index contributed by atoms with van der Waals surface area (Å²) < 4.78 is 14.4. The molecular formula is C22H28N4O3S2. The SMILES string of the molecule is CC[C@H]1O[C@@](O)(c2cnc3c(SC)nc(SC)nn23)[C@](C)(OCc2ccccc2)[C@@H]1C. The molecule has 31 heavy (non-hydrogen) atoms. The average molecular weight is 461 g/mol. The zero-order valence-electron chi connectivity index (χ0n) is 18.4. The number of aromatic nitrogens is 4. The summed E-state index contributed by atoms with van der Waals surface area (Å²) in [6.07, 6.45) is 6.08. The molecule has 3 heterocycles. The van der Waals surface area contributed by atoms with Gasteiger partial charge in [-0.25, -0.2) is 14.5 Å². The van der Waals surface area contributed by atoms with Crippen LogP contribution < -0.4 is 0 Å². The molecule has 1 saturated heterocycles. The van der Waals surface area contributed by atoms with Gasteiger partial charge in [-0.15, -0.1) is 16.9 Å². The van der Waals surface area contributed by atoms with E-state index in [2.05, 4.69) is 28.9 Å². The van der Waals surface area contributed by atoms with E-state index in [1.54, 1.807) is 10.7 Å². The van der Waals surface area contributed by atoms with Crippen LogP contribution in [0.2, 0.25) is 0 Å². The van der Waals surface area contributed by atoms with Crippen LogP contribution in [0.4, 0.5) is 0 Å². The summed E-state index contributed by atoms with van der Waals surface area (Å²) in [6.45, 7) is 6.40. The molecular weight excluding hydrogens is 432 g/mol. The lowest BCUT2D eigenvalue weighted by Gasteiger charge is -2.39. The minimum atomic E-state index is -1.72. The van der Waals surface area contributed by atoms with E-state index in [1.165, 1.54) is 23.5 Å². The lowest BCUT2D eigenvalue weighted by Crippen LogP contribution is -2.52. The Morgan fingerprint density at radius 1 is 1.23 bits per heavy atom. The standard InChI is InChI=1S/C22H28N4O3S2/c1-6-16-14(2)21(3,28-13-15-10-8-7-9-11-15)22(27,29-16)17-12-23-18-19(30-4)24-20(31-5)25-26(17)18/h7-12,14,16,27H,6,13H2,1-5H3/t14-,16-,21-,22+/m1/s1. The number of ether oxygens (including phenoxy) is 2. The zero-order valence-corrected chi connectivity index (χ0v) is 20.0. The van der Waals surface area contributed by atoms with Crippen molar-refractivity contribution in [3.63, 3.8) is 0 Å². The maximum Gasteiger partial charge on any atom is 0.242 e. The maximum absolute atomic E-state index is 12.1. The lowest BCUT2D eigenvalue weighted by molar-refractivity contribution is -0.288. The third kappa shape index (κ3) is 3.66. The molecule has 0 aliphatic carbocycles. The van der Waals surface area contributed by atoms with Gasteiger partial charge in [0.1, 0.15) is 16.3 Å². The fraction of sp³-hybridized carbons (Fsp3) is 0.500. The van der Waals surface area contributed by atoms with Crippen LogP contribution in [0.1, 0.15) is 38.4 Å². The fourth-order valence-corrected chi connectivity index (χ4v) is 5.08. The number of hydrogen-bond donors (Lipinski definition) is 1. The Morgan fingerprint density at radius 3 is 2.61 bits per heavy atom. The van der Waals surface area contributed by atoms with Crippen molar-refractivity contribution in [3.05, 3.63) is 47.8 Å². The van der Waals surface area contributed by atoms with E-state index in [1.807, 2.05) is 49.8 Å². The average Bonchev–Trinajstić information content (AvgIpc) is 3.32. The minimum absolute atomic E-state index is 0.0568. The van der Waals surface area contributed by atoms with Gasteiger partial charge in [-0.05, 0) is 31.4 Å². The Labute approximate surface area is 191 Å². The van der Waals surface area contributed by atoms with Crippen molar-refractivity contribution in [2.24, 2.45) is 5.92 Å². The molecule has 0 amide bonds. The Hall–Kier alpha value is -1.65. The summed E-state index contributed by atoms with van der Waals surface area (Å²) in [6, 6.07) is 9.95. The van der Waals surface area contributed by atoms with Crippen molar-refractivity contribution in [1.29, 1.82) is 0 Å². The van der Waals surface area contributed by atoms with Gasteiger partial charge in [0, 0.05) is 5.92 Å². The first-order valence-electron chi connectivity index (χ1n) is 10.3. The highest BCUT2D eigenvalue weighted by molar-refractivity contribution is 7.99. The van der Waals surface area contributed by atoms with Crippen LogP contribution in [0.5, 0.6) is 0 Å². The highest BCUT2D eigenvalue weighted by Gasteiger charge is 2.64. The molecule has 1 fully saturated rings. The summed E-state index contributed by atoms with van der Waals surface area (Å²) in [5, 5.41) is 18.0. The van der Waals surface area contributed by atoms with E-state index >= 15 is 0 Å². The second kappa shape index (κ2) is 8.71. The molecule has 0 bridgehead atoms. The van der Waals surface area contributed by atoms with Crippen molar-refractivity contribution in [3.8, 4) is 0 Å². The van der Waals surface area contributed by atoms with Crippen molar-refractivity contribution in [1.82, 2.24) is 19.6 Å². The van der Waals surface area contributed by atoms with Crippen molar-refractivity contribution < 1.29 is 14.6 Å². The number of hydrogen-bond acceptors (Lipinski definition) is 8. The van der Waals surface area contributed by atoms with Gasteiger partial charge in [-0.2, -0.15) is 0 Å². The molecule has 3 aromatic rings. The molecule has 7 nitrogen and oxygen atoms in total. The molecule has 9 heteroatoms. The summed E-state index contributed by atoms with van der Waals surface area (Å²) in [7, 11) is 0. The topological polar surface area (TPSA) is 81.8 Å². The fourth-order valence-electron chi connectivity index (χ4n) is 4.18. The van der Waals surface area contributed by atoms with E-state index < -0.39 is 11.4 Å². The Morgan fingerprint density at radius 2 is 1.97 bits per heavy atom. The summed E-state index contributed by atoms with van der Waals surface area (Å²) in [5.41, 5.74) is 1.07. The number of aliphatic hydroxyl groups is 1. The molecule has 1 aliphatic rings. The number of benzene rings is 1. The number of rotatable bonds is 7. The predicted octanol–water partition coefficient (Wildman–Crippen LogP) is 4.13. The minimum Gasteiger partial charge on any atom is -0.364 e. The molecule has 4 rings (SSSR count). The first kappa shape index (κ1) is 22.5. The highest BCUT2D eigenvalue weighted by Crippen LogP contribution is 2.51. The van der Waals surface area contributed by atoms with Crippen LogP contribution in [0, 0.1) is 5.92 Å². The van der Waals surface area contributed by atoms with Crippen LogP contribution in [0.15, 0.2) is 46.7 Å². The van der Waals surface area contributed by atoms with Gasteiger partial charge in [-0.1, -0.05) is 55.9 Å². The number of thioether (sulfide) groups is 2. The van der Waals surface area contributed by atoms with Gasteiger partial charge in [0.25, 0.3) is 0 Å². The summed E-state index contributed by atoms with van der Waals surface area (Å²) in [5.74, 6) is -1.78. The van der Waals surface area contributed by atoms with E-state index in [9.17, 15) is 5.11 Å². The maximum atomic E-state index is 12.1. The number of nitrogens with zero attached hydrogens (tertiary/aromatic N) is 4. The van der Waals surface area contributed by atoms with E-state index in [0.717, 1.165) is 17.0 Å². The van der Waals surface area contributed by atoms with Gasteiger partial charge in [0.15, 0.2) is 5.65 Å². The van der Waals surface area contributed by atoms with E-state index in [0.29, 0.717) is 23.1 Å². The molecule has 1 aliphatic heterocycles. The summed E-state index contributed by atoms with van der Waals surface area (Å²) >= 11 is 2.94. The number of fused-ring (bicyclic) bond motifs is 1. The normalized spacial score (nSPS) is 28.5. The highest BCUT2D eigenvalue weighted by atomic mass is 32.2.